The second-order valence-electron chi connectivity index (χ2n) is 6.99. The fraction of sp³-hybridized carbons (Fsp3) is 0.421. The van der Waals surface area contributed by atoms with E-state index in [1.165, 1.54) is 0 Å². The molecule has 0 unspecified atom stereocenters. The van der Waals surface area contributed by atoms with Crippen LogP contribution in [0, 0.1) is 16.0 Å². The number of nitrogens with zero attached hydrogens (tertiary/aromatic N) is 3. The highest BCUT2D eigenvalue weighted by Gasteiger charge is 2.35. The molecular formula is C19H20F3N3O3S. The summed E-state index contributed by atoms with van der Waals surface area (Å²) < 4.78 is 38.6. The van der Waals surface area contributed by atoms with Gasteiger partial charge in [-0.15, -0.1) is 11.3 Å². The van der Waals surface area contributed by atoms with Gasteiger partial charge in [0, 0.05) is 37.0 Å². The standard InChI is InChI=1S/C19H20F3N3O3S/c1-23(12-15-3-2-10-29-15)18(26)13-6-8-24(9-7-13)16-5-4-14(19(20,21)22)11-17(16)25(27)28/h2-5,10-11,13H,6-9,12H2,1H3. The van der Waals surface area contributed by atoms with Gasteiger partial charge >= 0.3 is 6.18 Å². The second kappa shape index (κ2) is 8.40. The molecule has 0 radical (unpaired) electrons. The maximum Gasteiger partial charge on any atom is 0.416 e. The van der Waals surface area contributed by atoms with Crippen LogP contribution >= 0.6 is 11.3 Å². The third-order valence-corrected chi connectivity index (χ3v) is 5.89. The van der Waals surface area contributed by atoms with Gasteiger partial charge in [0.25, 0.3) is 5.69 Å². The van der Waals surface area contributed by atoms with Crippen LogP contribution in [0.4, 0.5) is 24.5 Å². The molecular weight excluding hydrogens is 407 g/mol. The molecule has 6 nitrogen and oxygen atoms in total. The number of piperidine rings is 1. The summed E-state index contributed by atoms with van der Waals surface area (Å²) in [4.78, 5) is 27.6. The Hall–Kier alpha value is -2.62. The van der Waals surface area contributed by atoms with E-state index in [0.717, 1.165) is 17.0 Å². The second-order valence-corrected chi connectivity index (χ2v) is 8.03. The SMILES string of the molecule is CN(Cc1cccs1)C(=O)C1CCN(c2ccc(C(F)(F)F)cc2[N+](=O)[O-])CC1. The number of carbonyl (C=O) groups is 1. The maximum absolute atomic E-state index is 12.9. The summed E-state index contributed by atoms with van der Waals surface area (Å²) >= 11 is 1.57. The number of carbonyl (C=O) groups excluding carboxylic acids is 1. The van der Waals surface area contributed by atoms with Crippen molar-refractivity contribution in [2.75, 3.05) is 25.0 Å². The summed E-state index contributed by atoms with van der Waals surface area (Å²) in [5.74, 6) is -0.190. The van der Waals surface area contributed by atoms with Crippen molar-refractivity contribution in [3.63, 3.8) is 0 Å². The van der Waals surface area contributed by atoms with Crippen LogP contribution in [0.5, 0.6) is 0 Å². The summed E-state index contributed by atoms with van der Waals surface area (Å²) in [7, 11) is 1.75. The Bertz CT molecular complexity index is 879. The minimum absolute atomic E-state index is 0.0139. The lowest BCUT2D eigenvalue weighted by atomic mass is 9.94. The number of alkyl halides is 3. The summed E-state index contributed by atoms with van der Waals surface area (Å²) in [6.07, 6.45) is -3.66. The lowest BCUT2D eigenvalue weighted by Gasteiger charge is -2.34. The molecule has 1 amide bonds. The Labute approximate surface area is 169 Å². The van der Waals surface area contributed by atoms with Gasteiger partial charge in [-0.05, 0) is 36.4 Å². The quantitative estimate of drug-likeness (QED) is 0.519. The third kappa shape index (κ3) is 4.87. The topological polar surface area (TPSA) is 66.7 Å². The highest BCUT2D eigenvalue weighted by Crippen LogP contribution is 2.37. The van der Waals surface area contributed by atoms with Gasteiger partial charge in [0.2, 0.25) is 5.91 Å². The van der Waals surface area contributed by atoms with Gasteiger partial charge < -0.3 is 9.80 Å². The van der Waals surface area contributed by atoms with Gasteiger partial charge in [0.15, 0.2) is 0 Å². The van der Waals surface area contributed by atoms with Crippen molar-refractivity contribution in [1.82, 2.24) is 4.90 Å². The van der Waals surface area contributed by atoms with Crippen molar-refractivity contribution < 1.29 is 22.9 Å². The van der Waals surface area contributed by atoms with Gasteiger partial charge in [-0.25, -0.2) is 0 Å². The molecule has 2 aromatic rings. The number of rotatable bonds is 5. The molecule has 3 rings (SSSR count). The average molecular weight is 427 g/mol. The van der Waals surface area contributed by atoms with Gasteiger partial charge in [0.05, 0.1) is 17.0 Å². The molecule has 0 aliphatic carbocycles. The van der Waals surface area contributed by atoms with Crippen LogP contribution in [0.15, 0.2) is 35.7 Å². The van der Waals surface area contributed by atoms with E-state index in [9.17, 15) is 28.1 Å². The number of hydrogen-bond donors (Lipinski definition) is 0. The number of anilines is 1. The molecule has 0 saturated carbocycles. The van der Waals surface area contributed by atoms with E-state index >= 15 is 0 Å². The van der Waals surface area contributed by atoms with Crippen molar-refractivity contribution in [3.8, 4) is 0 Å². The zero-order valence-electron chi connectivity index (χ0n) is 15.7. The molecule has 0 atom stereocenters. The number of nitro groups is 1. The molecule has 2 heterocycles. The van der Waals surface area contributed by atoms with Crippen molar-refractivity contribution in [3.05, 3.63) is 56.3 Å². The molecule has 1 aromatic carbocycles. The number of nitro benzene ring substituents is 1. The zero-order chi connectivity index (χ0) is 21.2. The van der Waals surface area contributed by atoms with Gasteiger partial charge in [-0.3, -0.25) is 14.9 Å². The van der Waals surface area contributed by atoms with Gasteiger partial charge in [0.1, 0.15) is 5.69 Å². The Kier molecular flexibility index (Phi) is 6.11. The smallest absolute Gasteiger partial charge is 0.366 e. The average Bonchev–Trinajstić information content (AvgIpc) is 3.19. The molecule has 0 spiro atoms. The molecule has 156 valence electrons. The van der Waals surface area contributed by atoms with Crippen LogP contribution in [-0.2, 0) is 17.5 Å². The molecule has 1 saturated heterocycles. The van der Waals surface area contributed by atoms with Gasteiger partial charge in [-0.1, -0.05) is 6.07 Å². The number of amides is 1. The lowest BCUT2D eigenvalue weighted by Crippen LogP contribution is -2.41. The van der Waals surface area contributed by atoms with E-state index in [1.54, 1.807) is 28.2 Å². The molecule has 1 fully saturated rings. The third-order valence-electron chi connectivity index (χ3n) is 5.03. The van der Waals surface area contributed by atoms with E-state index in [4.69, 9.17) is 0 Å². The fourth-order valence-corrected chi connectivity index (χ4v) is 4.26. The Morgan fingerprint density at radius 3 is 2.55 bits per heavy atom. The van der Waals surface area contributed by atoms with E-state index in [1.807, 2.05) is 17.5 Å². The van der Waals surface area contributed by atoms with Crippen molar-refractivity contribution in [2.24, 2.45) is 5.92 Å². The first-order valence-corrected chi connectivity index (χ1v) is 9.92. The Balaban J connectivity index is 1.67. The highest BCUT2D eigenvalue weighted by atomic mass is 32.1. The van der Waals surface area contributed by atoms with Crippen molar-refractivity contribution in [1.29, 1.82) is 0 Å². The highest BCUT2D eigenvalue weighted by molar-refractivity contribution is 7.09. The zero-order valence-corrected chi connectivity index (χ0v) is 16.5. The number of benzene rings is 1. The molecule has 1 aliphatic heterocycles. The molecule has 1 aromatic heterocycles. The van der Waals surface area contributed by atoms with E-state index in [0.29, 0.717) is 38.5 Å². The summed E-state index contributed by atoms with van der Waals surface area (Å²) in [6, 6.07) is 6.45. The Morgan fingerprint density at radius 1 is 1.31 bits per heavy atom. The molecule has 0 N–H and O–H groups in total. The van der Waals surface area contributed by atoms with Crippen LogP contribution in [0.25, 0.3) is 0 Å². The van der Waals surface area contributed by atoms with Crippen LogP contribution in [0.1, 0.15) is 23.3 Å². The van der Waals surface area contributed by atoms with Crippen molar-refractivity contribution in [2.45, 2.75) is 25.6 Å². The maximum atomic E-state index is 12.9. The number of hydrogen-bond acceptors (Lipinski definition) is 5. The molecule has 10 heteroatoms. The van der Waals surface area contributed by atoms with E-state index < -0.39 is 22.4 Å². The minimum atomic E-state index is -4.64. The first-order chi connectivity index (χ1) is 13.7. The van der Waals surface area contributed by atoms with Crippen LogP contribution in [-0.4, -0.2) is 35.9 Å². The first-order valence-electron chi connectivity index (χ1n) is 9.04. The van der Waals surface area contributed by atoms with Crippen LogP contribution in [0.3, 0.4) is 0 Å². The monoisotopic (exact) mass is 427 g/mol. The van der Waals surface area contributed by atoms with Crippen molar-refractivity contribution >= 4 is 28.6 Å². The van der Waals surface area contributed by atoms with Crippen LogP contribution < -0.4 is 4.90 Å². The summed E-state index contributed by atoms with van der Waals surface area (Å²) in [6.45, 7) is 1.27. The predicted molar refractivity (Wildman–Crippen MR) is 104 cm³/mol. The summed E-state index contributed by atoms with van der Waals surface area (Å²) in [5.41, 5.74) is -1.46. The van der Waals surface area contributed by atoms with E-state index in [-0.39, 0.29) is 17.5 Å². The normalized spacial score (nSPS) is 15.4. The number of thiophene rings is 1. The fourth-order valence-electron chi connectivity index (χ4n) is 3.51. The molecule has 29 heavy (non-hydrogen) atoms. The number of halogens is 3. The predicted octanol–water partition coefficient (Wildman–Crippen LogP) is 4.55. The first kappa shape index (κ1) is 21.1. The van der Waals surface area contributed by atoms with Crippen LogP contribution in [0.2, 0.25) is 0 Å². The van der Waals surface area contributed by atoms with Gasteiger partial charge in [-0.2, -0.15) is 13.2 Å². The van der Waals surface area contributed by atoms with E-state index in [2.05, 4.69) is 0 Å². The molecule has 1 aliphatic rings. The lowest BCUT2D eigenvalue weighted by molar-refractivity contribution is -0.384. The minimum Gasteiger partial charge on any atom is -0.366 e. The summed E-state index contributed by atoms with van der Waals surface area (Å²) in [5, 5.41) is 13.3. The largest absolute Gasteiger partial charge is 0.416 e. The molecule has 0 bridgehead atoms. The Morgan fingerprint density at radius 2 is 2.00 bits per heavy atom.